The van der Waals surface area contributed by atoms with Gasteiger partial charge in [0.05, 0.1) is 5.02 Å². The molecular formula is C17H24ClNO. The van der Waals surface area contributed by atoms with Crippen molar-refractivity contribution in [3.05, 3.63) is 27.8 Å². The normalized spacial score (nSPS) is 21.5. The molecule has 0 spiro atoms. The average Bonchev–Trinajstić information content (AvgIpc) is 2.49. The minimum Gasteiger partial charge on any atom is -0.506 e. The van der Waals surface area contributed by atoms with E-state index in [4.69, 9.17) is 17.3 Å². The van der Waals surface area contributed by atoms with Crippen molar-refractivity contribution in [2.24, 2.45) is 5.73 Å². The third-order valence-corrected chi connectivity index (χ3v) is 5.60. The summed E-state index contributed by atoms with van der Waals surface area (Å²) in [5.41, 5.74) is 9.91. The third-order valence-electron chi connectivity index (χ3n) is 5.31. The van der Waals surface area contributed by atoms with E-state index in [0.717, 1.165) is 31.2 Å². The average molecular weight is 294 g/mol. The van der Waals surface area contributed by atoms with Crippen LogP contribution < -0.4 is 5.73 Å². The van der Waals surface area contributed by atoms with Crippen LogP contribution in [0.2, 0.25) is 5.02 Å². The van der Waals surface area contributed by atoms with Gasteiger partial charge in [-0.3, -0.25) is 0 Å². The molecule has 3 N–H and O–H groups in total. The van der Waals surface area contributed by atoms with Gasteiger partial charge in [0, 0.05) is 17.5 Å². The number of aromatic hydroxyl groups is 1. The molecule has 110 valence electrons. The van der Waals surface area contributed by atoms with E-state index in [-0.39, 0.29) is 5.41 Å². The van der Waals surface area contributed by atoms with Crippen molar-refractivity contribution in [3.8, 4) is 5.75 Å². The summed E-state index contributed by atoms with van der Waals surface area (Å²) in [6.07, 6.45) is 10.5. The maximum absolute atomic E-state index is 10.6. The lowest BCUT2D eigenvalue weighted by Gasteiger charge is -2.40. The van der Waals surface area contributed by atoms with Crippen LogP contribution in [-0.4, -0.2) is 11.7 Å². The largest absolute Gasteiger partial charge is 0.506 e. The minimum absolute atomic E-state index is 0.0470. The first-order chi connectivity index (χ1) is 9.68. The van der Waals surface area contributed by atoms with Gasteiger partial charge in [0.1, 0.15) is 5.75 Å². The SMILES string of the molecule is NCC1(c2c(O)c(Cl)cc3c2CCCC3)CCCCC1. The van der Waals surface area contributed by atoms with Crippen LogP contribution in [-0.2, 0) is 18.3 Å². The maximum atomic E-state index is 10.6. The van der Waals surface area contributed by atoms with E-state index in [9.17, 15) is 5.11 Å². The first-order valence-corrected chi connectivity index (χ1v) is 8.29. The van der Waals surface area contributed by atoms with Gasteiger partial charge in [0.2, 0.25) is 0 Å². The summed E-state index contributed by atoms with van der Waals surface area (Å²) in [6, 6.07) is 1.97. The van der Waals surface area contributed by atoms with Crippen LogP contribution in [0.1, 0.15) is 61.6 Å². The number of nitrogens with two attached hydrogens (primary N) is 1. The summed E-state index contributed by atoms with van der Waals surface area (Å²) in [5, 5.41) is 11.1. The van der Waals surface area contributed by atoms with Gasteiger partial charge in [-0.1, -0.05) is 30.9 Å². The van der Waals surface area contributed by atoms with Gasteiger partial charge in [-0.2, -0.15) is 0 Å². The first kappa shape index (κ1) is 14.2. The van der Waals surface area contributed by atoms with Crippen LogP contribution in [0.4, 0.5) is 0 Å². The summed E-state index contributed by atoms with van der Waals surface area (Å²) in [4.78, 5) is 0. The van der Waals surface area contributed by atoms with Crippen LogP contribution in [0.3, 0.4) is 0 Å². The van der Waals surface area contributed by atoms with Crippen molar-refractivity contribution in [1.29, 1.82) is 0 Å². The Bertz CT molecular complexity index is 506. The number of phenolic OH excluding ortho intramolecular Hbond substituents is 1. The fourth-order valence-electron chi connectivity index (χ4n) is 4.21. The number of hydrogen-bond acceptors (Lipinski definition) is 2. The number of fused-ring (bicyclic) bond motifs is 1. The molecule has 2 nitrogen and oxygen atoms in total. The molecular weight excluding hydrogens is 270 g/mol. The Kier molecular flexibility index (Phi) is 3.96. The second kappa shape index (κ2) is 5.57. The number of hydrogen-bond donors (Lipinski definition) is 2. The summed E-state index contributed by atoms with van der Waals surface area (Å²) < 4.78 is 0. The smallest absolute Gasteiger partial charge is 0.138 e. The lowest BCUT2D eigenvalue weighted by Crippen LogP contribution is -2.38. The Morgan fingerprint density at radius 1 is 1.10 bits per heavy atom. The molecule has 0 heterocycles. The van der Waals surface area contributed by atoms with E-state index in [2.05, 4.69) is 0 Å². The molecule has 0 radical (unpaired) electrons. The Morgan fingerprint density at radius 2 is 1.80 bits per heavy atom. The predicted octanol–water partition coefficient (Wildman–Crippen LogP) is 4.09. The molecule has 0 aliphatic heterocycles. The number of halogens is 1. The summed E-state index contributed by atoms with van der Waals surface area (Å²) in [6.45, 7) is 0.618. The number of benzene rings is 1. The summed E-state index contributed by atoms with van der Waals surface area (Å²) >= 11 is 6.30. The quantitative estimate of drug-likeness (QED) is 0.863. The Balaban J connectivity index is 2.17. The van der Waals surface area contributed by atoms with Crippen LogP contribution in [0.15, 0.2) is 6.07 Å². The monoisotopic (exact) mass is 293 g/mol. The molecule has 3 rings (SSSR count). The highest BCUT2D eigenvalue weighted by molar-refractivity contribution is 6.32. The zero-order valence-corrected chi connectivity index (χ0v) is 12.8. The fourth-order valence-corrected chi connectivity index (χ4v) is 4.44. The lowest BCUT2D eigenvalue weighted by atomic mass is 9.66. The standard InChI is InChI=1S/C17H24ClNO/c18-14-10-12-6-2-3-7-13(12)15(16(14)20)17(11-19)8-4-1-5-9-17/h10,20H,1-9,11,19H2. The third kappa shape index (κ3) is 2.23. The number of aryl methyl sites for hydroxylation is 1. The molecule has 0 unspecified atom stereocenters. The molecule has 2 aliphatic carbocycles. The van der Waals surface area contributed by atoms with Gasteiger partial charge in [-0.05, 0) is 55.7 Å². The fraction of sp³-hybridized carbons (Fsp3) is 0.647. The zero-order valence-electron chi connectivity index (χ0n) is 12.1. The predicted molar refractivity (Wildman–Crippen MR) is 83.6 cm³/mol. The zero-order chi connectivity index (χ0) is 14.2. The van der Waals surface area contributed by atoms with E-state index >= 15 is 0 Å². The van der Waals surface area contributed by atoms with Crippen molar-refractivity contribution < 1.29 is 5.11 Å². The maximum Gasteiger partial charge on any atom is 0.138 e. The van der Waals surface area contributed by atoms with Crippen molar-refractivity contribution in [2.45, 2.75) is 63.2 Å². The highest BCUT2D eigenvalue weighted by atomic mass is 35.5. The van der Waals surface area contributed by atoms with Gasteiger partial charge in [-0.15, -0.1) is 0 Å². The molecule has 0 aromatic heterocycles. The highest BCUT2D eigenvalue weighted by Crippen LogP contribution is 2.48. The molecule has 1 saturated carbocycles. The molecule has 0 amide bonds. The Hall–Kier alpha value is -0.730. The van der Waals surface area contributed by atoms with Crippen LogP contribution in [0, 0.1) is 0 Å². The topological polar surface area (TPSA) is 46.2 Å². The lowest BCUT2D eigenvalue weighted by molar-refractivity contribution is 0.288. The Labute approximate surface area is 126 Å². The van der Waals surface area contributed by atoms with Gasteiger partial charge in [0.25, 0.3) is 0 Å². The van der Waals surface area contributed by atoms with E-state index in [1.807, 2.05) is 6.07 Å². The molecule has 0 saturated heterocycles. The van der Waals surface area contributed by atoms with Crippen molar-refractivity contribution in [1.82, 2.24) is 0 Å². The minimum atomic E-state index is -0.0470. The van der Waals surface area contributed by atoms with Gasteiger partial charge in [0.15, 0.2) is 0 Å². The van der Waals surface area contributed by atoms with E-state index < -0.39 is 0 Å². The van der Waals surface area contributed by atoms with E-state index in [1.54, 1.807) is 0 Å². The van der Waals surface area contributed by atoms with Gasteiger partial charge in [-0.25, -0.2) is 0 Å². The van der Waals surface area contributed by atoms with Crippen LogP contribution >= 0.6 is 11.6 Å². The second-order valence-corrected chi connectivity index (χ2v) is 6.88. The highest BCUT2D eigenvalue weighted by Gasteiger charge is 2.38. The second-order valence-electron chi connectivity index (χ2n) is 6.47. The van der Waals surface area contributed by atoms with Crippen LogP contribution in [0.25, 0.3) is 0 Å². The first-order valence-electron chi connectivity index (χ1n) is 7.92. The number of phenols is 1. The Morgan fingerprint density at radius 3 is 2.50 bits per heavy atom. The van der Waals surface area contributed by atoms with Crippen molar-refractivity contribution in [2.75, 3.05) is 6.54 Å². The van der Waals surface area contributed by atoms with E-state index in [1.165, 1.54) is 43.2 Å². The summed E-state index contributed by atoms with van der Waals surface area (Å²) in [5.74, 6) is 0.305. The molecule has 3 heteroatoms. The van der Waals surface area contributed by atoms with Crippen molar-refractivity contribution in [3.63, 3.8) is 0 Å². The molecule has 1 aromatic carbocycles. The molecule has 1 aromatic rings. The van der Waals surface area contributed by atoms with Gasteiger partial charge >= 0.3 is 0 Å². The van der Waals surface area contributed by atoms with Crippen LogP contribution in [0.5, 0.6) is 5.75 Å². The number of rotatable bonds is 2. The van der Waals surface area contributed by atoms with E-state index in [0.29, 0.717) is 17.3 Å². The molecule has 0 atom stereocenters. The molecule has 1 fully saturated rings. The van der Waals surface area contributed by atoms with Crippen molar-refractivity contribution >= 4 is 11.6 Å². The van der Waals surface area contributed by atoms with Gasteiger partial charge < -0.3 is 10.8 Å². The molecule has 2 aliphatic rings. The molecule has 0 bridgehead atoms. The molecule has 20 heavy (non-hydrogen) atoms. The summed E-state index contributed by atoms with van der Waals surface area (Å²) in [7, 11) is 0.